The second-order valence-corrected chi connectivity index (χ2v) is 7.04. The van der Waals surface area contributed by atoms with E-state index in [2.05, 4.69) is 40.7 Å². The smallest absolute Gasteiger partial charge is 0.102 e. The first-order valence-electron chi connectivity index (χ1n) is 9.34. The van der Waals surface area contributed by atoms with Gasteiger partial charge in [-0.2, -0.15) is 5.26 Å². The Morgan fingerprint density at radius 1 is 1.08 bits per heavy atom. The highest BCUT2D eigenvalue weighted by Gasteiger charge is 2.19. The van der Waals surface area contributed by atoms with E-state index in [9.17, 15) is 5.26 Å². The predicted molar refractivity (Wildman–Crippen MR) is 107 cm³/mol. The summed E-state index contributed by atoms with van der Waals surface area (Å²) in [6.07, 6.45) is 2.60. The summed E-state index contributed by atoms with van der Waals surface area (Å²) >= 11 is 0. The van der Waals surface area contributed by atoms with Crippen molar-refractivity contribution in [2.45, 2.75) is 32.9 Å². The maximum absolute atomic E-state index is 9.84. The van der Waals surface area contributed by atoms with Crippen molar-refractivity contribution in [3.05, 3.63) is 53.6 Å². The highest BCUT2D eigenvalue weighted by molar-refractivity contribution is 5.95. The molecule has 132 valence electrons. The lowest BCUT2D eigenvalue weighted by atomic mass is 10.0. The molecule has 1 fully saturated rings. The highest BCUT2D eigenvalue weighted by atomic mass is 15.1. The molecule has 4 rings (SSSR count). The molecule has 2 heterocycles. The van der Waals surface area contributed by atoms with E-state index < -0.39 is 0 Å². The average molecular weight is 344 g/mol. The van der Waals surface area contributed by atoms with Crippen molar-refractivity contribution in [1.29, 1.82) is 5.26 Å². The summed E-state index contributed by atoms with van der Waals surface area (Å²) in [6.45, 7) is 6.32. The molecular formula is C22H24N4. The molecule has 0 bridgehead atoms. The lowest BCUT2D eigenvalue weighted by molar-refractivity contribution is 0.331. The van der Waals surface area contributed by atoms with Gasteiger partial charge in [-0.25, -0.2) is 0 Å². The Balaban J connectivity index is 1.85. The van der Waals surface area contributed by atoms with Gasteiger partial charge in [0, 0.05) is 24.2 Å². The molecule has 4 nitrogen and oxygen atoms in total. The van der Waals surface area contributed by atoms with Crippen LogP contribution >= 0.6 is 0 Å². The van der Waals surface area contributed by atoms with Gasteiger partial charge in [-0.1, -0.05) is 24.3 Å². The van der Waals surface area contributed by atoms with Crippen LogP contribution in [0.5, 0.6) is 0 Å². The Kier molecular flexibility index (Phi) is 4.40. The van der Waals surface area contributed by atoms with Gasteiger partial charge in [-0.05, 0) is 62.2 Å². The molecule has 0 aliphatic carbocycles. The van der Waals surface area contributed by atoms with E-state index in [-0.39, 0.29) is 0 Å². The van der Waals surface area contributed by atoms with Gasteiger partial charge in [-0.3, -0.25) is 4.90 Å². The number of benzene rings is 2. The number of rotatable bonds is 4. The number of likely N-dealkylation sites (tertiary alicyclic amines) is 1. The van der Waals surface area contributed by atoms with Crippen molar-refractivity contribution in [1.82, 2.24) is 9.47 Å². The van der Waals surface area contributed by atoms with E-state index in [1.165, 1.54) is 31.5 Å². The standard InChI is InChI=1S/C22H24N4/c1-2-26-21-13-16(15-25-11-3-4-12-25)5-10-19(21)20(14-23)22(26)17-6-8-18(24)9-7-17/h5-10,13H,2-4,11-12,15,24H2,1H3. The lowest BCUT2D eigenvalue weighted by Gasteiger charge is -2.15. The van der Waals surface area contributed by atoms with Crippen molar-refractivity contribution in [2.75, 3.05) is 18.8 Å². The first-order valence-corrected chi connectivity index (χ1v) is 9.34. The van der Waals surface area contributed by atoms with Crippen LogP contribution < -0.4 is 5.73 Å². The second kappa shape index (κ2) is 6.86. The fourth-order valence-corrected chi connectivity index (χ4v) is 4.07. The van der Waals surface area contributed by atoms with E-state index in [0.717, 1.165) is 46.5 Å². The van der Waals surface area contributed by atoms with Gasteiger partial charge in [0.25, 0.3) is 0 Å². The average Bonchev–Trinajstić information content (AvgIpc) is 3.27. The Morgan fingerprint density at radius 2 is 1.81 bits per heavy atom. The summed E-state index contributed by atoms with van der Waals surface area (Å²) in [5, 5.41) is 10.9. The van der Waals surface area contributed by atoms with E-state index in [0.29, 0.717) is 0 Å². The number of aryl methyl sites for hydroxylation is 1. The van der Waals surface area contributed by atoms with Crippen LogP contribution in [0.2, 0.25) is 0 Å². The molecule has 3 aromatic rings. The van der Waals surface area contributed by atoms with E-state index in [4.69, 9.17) is 5.73 Å². The number of hydrogen-bond donors (Lipinski definition) is 1. The zero-order valence-electron chi connectivity index (χ0n) is 15.2. The maximum Gasteiger partial charge on any atom is 0.102 e. The fraction of sp³-hybridized carbons (Fsp3) is 0.318. The zero-order valence-corrected chi connectivity index (χ0v) is 15.2. The van der Waals surface area contributed by atoms with Crippen LogP contribution in [0.15, 0.2) is 42.5 Å². The van der Waals surface area contributed by atoms with Crippen molar-refractivity contribution in [3.8, 4) is 17.3 Å². The normalized spacial score (nSPS) is 14.8. The molecular weight excluding hydrogens is 320 g/mol. The molecule has 2 N–H and O–H groups in total. The third-order valence-electron chi connectivity index (χ3n) is 5.35. The molecule has 2 aromatic carbocycles. The van der Waals surface area contributed by atoms with Gasteiger partial charge in [0.1, 0.15) is 6.07 Å². The van der Waals surface area contributed by atoms with Gasteiger partial charge < -0.3 is 10.3 Å². The number of nitriles is 1. The van der Waals surface area contributed by atoms with Crippen LogP contribution in [0, 0.1) is 11.3 Å². The number of fused-ring (bicyclic) bond motifs is 1. The van der Waals surface area contributed by atoms with Crippen molar-refractivity contribution >= 4 is 16.6 Å². The first-order chi connectivity index (χ1) is 12.7. The zero-order chi connectivity index (χ0) is 18.1. The summed E-state index contributed by atoms with van der Waals surface area (Å²) in [6, 6.07) is 16.8. The second-order valence-electron chi connectivity index (χ2n) is 7.04. The van der Waals surface area contributed by atoms with E-state index in [1.54, 1.807) is 0 Å². The van der Waals surface area contributed by atoms with Gasteiger partial charge in [0.15, 0.2) is 0 Å². The monoisotopic (exact) mass is 344 g/mol. The minimum atomic E-state index is 0.735. The van der Waals surface area contributed by atoms with Crippen LogP contribution in [0.4, 0.5) is 5.69 Å². The van der Waals surface area contributed by atoms with Gasteiger partial charge >= 0.3 is 0 Å². The van der Waals surface area contributed by atoms with Crippen molar-refractivity contribution < 1.29 is 0 Å². The SMILES string of the molecule is CCn1c(-c2ccc(N)cc2)c(C#N)c2ccc(CN3CCCC3)cc21. The first kappa shape index (κ1) is 16.7. The molecule has 4 heteroatoms. The largest absolute Gasteiger partial charge is 0.399 e. The number of nitrogens with zero attached hydrogens (tertiary/aromatic N) is 3. The number of nitrogen functional groups attached to an aromatic ring is 1. The van der Waals surface area contributed by atoms with Crippen LogP contribution in [-0.2, 0) is 13.1 Å². The Labute approximate surface area is 154 Å². The summed E-state index contributed by atoms with van der Waals surface area (Å²) in [4.78, 5) is 2.51. The van der Waals surface area contributed by atoms with Crippen LogP contribution in [0.1, 0.15) is 30.9 Å². The van der Waals surface area contributed by atoms with Crippen molar-refractivity contribution in [3.63, 3.8) is 0 Å². The topological polar surface area (TPSA) is 58.0 Å². The summed E-state index contributed by atoms with van der Waals surface area (Å²) in [7, 11) is 0. The highest BCUT2D eigenvalue weighted by Crippen LogP contribution is 2.34. The van der Waals surface area contributed by atoms with Gasteiger partial charge in [-0.15, -0.1) is 0 Å². The number of anilines is 1. The van der Waals surface area contributed by atoms with Gasteiger partial charge in [0.05, 0.1) is 16.8 Å². The minimum Gasteiger partial charge on any atom is -0.399 e. The fourth-order valence-electron chi connectivity index (χ4n) is 4.07. The third kappa shape index (κ3) is 2.85. The van der Waals surface area contributed by atoms with Gasteiger partial charge in [0.2, 0.25) is 0 Å². The Bertz CT molecular complexity index is 970. The molecule has 0 radical (unpaired) electrons. The lowest BCUT2D eigenvalue weighted by Crippen LogP contribution is -2.18. The molecule has 0 spiro atoms. The van der Waals surface area contributed by atoms with E-state index in [1.807, 2.05) is 24.3 Å². The summed E-state index contributed by atoms with van der Waals surface area (Å²) < 4.78 is 2.26. The number of aromatic nitrogens is 1. The van der Waals surface area contributed by atoms with E-state index >= 15 is 0 Å². The maximum atomic E-state index is 9.84. The molecule has 1 saturated heterocycles. The van der Waals surface area contributed by atoms with Crippen LogP contribution in [-0.4, -0.2) is 22.6 Å². The Morgan fingerprint density at radius 3 is 2.46 bits per heavy atom. The predicted octanol–water partition coefficient (Wildman–Crippen LogP) is 4.38. The molecule has 0 amide bonds. The van der Waals surface area contributed by atoms with Crippen LogP contribution in [0.3, 0.4) is 0 Å². The molecule has 0 atom stereocenters. The minimum absolute atomic E-state index is 0.735. The number of nitrogens with two attached hydrogens (primary N) is 1. The quantitative estimate of drug-likeness (QED) is 0.715. The number of hydrogen-bond acceptors (Lipinski definition) is 3. The van der Waals surface area contributed by atoms with Crippen LogP contribution in [0.25, 0.3) is 22.2 Å². The molecule has 1 aliphatic rings. The molecule has 1 aromatic heterocycles. The molecule has 1 aliphatic heterocycles. The molecule has 0 saturated carbocycles. The molecule has 0 unspecified atom stereocenters. The van der Waals surface area contributed by atoms with Crippen molar-refractivity contribution in [2.24, 2.45) is 0 Å². The summed E-state index contributed by atoms with van der Waals surface area (Å²) in [5.74, 6) is 0. The molecule has 26 heavy (non-hydrogen) atoms. The Hall–Kier alpha value is -2.77. The third-order valence-corrected chi connectivity index (χ3v) is 5.35. The summed E-state index contributed by atoms with van der Waals surface area (Å²) in [5.41, 5.74) is 11.8.